The highest BCUT2D eigenvalue weighted by molar-refractivity contribution is 7.91. The van der Waals surface area contributed by atoms with Crippen molar-refractivity contribution < 1.29 is 8.42 Å². The number of nitrogen functional groups attached to an aromatic ring is 1. The van der Waals surface area contributed by atoms with Gasteiger partial charge in [-0.3, -0.25) is 9.40 Å². The van der Waals surface area contributed by atoms with E-state index in [0.717, 1.165) is 5.69 Å². The molecule has 0 aliphatic rings. The van der Waals surface area contributed by atoms with Gasteiger partial charge in [0.2, 0.25) is 10.0 Å². The normalized spacial score (nSPS) is 11.6. The zero-order valence-corrected chi connectivity index (χ0v) is 12.5. The summed E-state index contributed by atoms with van der Waals surface area (Å²) >= 11 is 0. The number of nitrogens with two attached hydrogens (primary N) is 1. The van der Waals surface area contributed by atoms with Crippen molar-refractivity contribution in [3.63, 3.8) is 0 Å². The number of nitrogens with zero attached hydrogens (tertiary/aromatic N) is 2. The quantitative estimate of drug-likeness (QED) is 0.837. The molecule has 0 radical (unpaired) electrons. The Labute approximate surface area is 118 Å². The molecule has 1 heterocycles. The van der Waals surface area contributed by atoms with Gasteiger partial charge in [-0.25, -0.2) is 8.42 Å². The van der Waals surface area contributed by atoms with Crippen molar-refractivity contribution in [2.75, 3.05) is 10.5 Å². The Balaban J connectivity index is 2.26. The van der Waals surface area contributed by atoms with Crippen molar-refractivity contribution in [3.8, 4) is 0 Å². The van der Waals surface area contributed by atoms with Gasteiger partial charge in [0.25, 0.3) is 0 Å². The van der Waals surface area contributed by atoms with Crippen LogP contribution >= 0.6 is 0 Å². The lowest BCUT2D eigenvalue weighted by molar-refractivity contribution is 0.600. The van der Waals surface area contributed by atoms with Crippen LogP contribution in [-0.2, 0) is 22.8 Å². The monoisotopic (exact) mass is 294 g/mol. The van der Waals surface area contributed by atoms with E-state index in [0.29, 0.717) is 22.6 Å². The Kier molecular flexibility index (Phi) is 3.71. The van der Waals surface area contributed by atoms with Crippen LogP contribution in [0.1, 0.15) is 17.0 Å². The molecule has 0 spiro atoms. The molecule has 0 fully saturated rings. The molecule has 0 unspecified atom stereocenters. The standard InChI is InChI=1S/C13H18N4O2S/c1-9-13(10(2)17(3)15-9)16-20(18,19)8-11-6-4-5-7-12(11)14/h4-7,16H,8,14H2,1-3H3. The highest BCUT2D eigenvalue weighted by atomic mass is 32.2. The lowest BCUT2D eigenvalue weighted by Gasteiger charge is -2.10. The molecule has 0 saturated carbocycles. The van der Waals surface area contributed by atoms with E-state index in [1.54, 1.807) is 42.9 Å². The van der Waals surface area contributed by atoms with Crippen molar-refractivity contribution in [1.29, 1.82) is 0 Å². The molecule has 0 atom stereocenters. The van der Waals surface area contributed by atoms with E-state index in [4.69, 9.17) is 5.73 Å². The van der Waals surface area contributed by atoms with Crippen LogP contribution in [0.2, 0.25) is 0 Å². The summed E-state index contributed by atoms with van der Waals surface area (Å²) < 4.78 is 28.7. The van der Waals surface area contributed by atoms with E-state index in [1.807, 2.05) is 6.92 Å². The molecule has 0 aliphatic carbocycles. The summed E-state index contributed by atoms with van der Waals surface area (Å²) in [7, 11) is -1.75. The molecular formula is C13H18N4O2S. The lowest BCUT2D eigenvalue weighted by atomic mass is 10.2. The maximum Gasteiger partial charge on any atom is 0.237 e. The first-order valence-electron chi connectivity index (χ1n) is 6.14. The fraction of sp³-hybridized carbons (Fsp3) is 0.308. The maximum atomic E-state index is 12.2. The van der Waals surface area contributed by atoms with Crippen LogP contribution < -0.4 is 10.5 Å². The molecule has 2 aromatic rings. The third-order valence-corrected chi connectivity index (χ3v) is 4.37. The number of anilines is 2. The Morgan fingerprint density at radius 2 is 1.95 bits per heavy atom. The van der Waals surface area contributed by atoms with E-state index in [1.165, 1.54) is 0 Å². The van der Waals surface area contributed by atoms with E-state index in [9.17, 15) is 8.42 Å². The molecule has 0 bridgehead atoms. The average Bonchev–Trinajstić information content (AvgIpc) is 2.58. The number of benzene rings is 1. The number of aromatic nitrogens is 2. The van der Waals surface area contributed by atoms with Crippen molar-refractivity contribution in [2.24, 2.45) is 7.05 Å². The molecule has 0 amide bonds. The lowest BCUT2D eigenvalue weighted by Crippen LogP contribution is -2.17. The number of sulfonamides is 1. The second-order valence-corrected chi connectivity index (χ2v) is 6.45. The average molecular weight is 294 g/mol. The van der Waals surface area contributed by atoms with Gasteiger partial charge in [-0.05, 0) is 25.5 Å². The van der Waals surface area contributed by atoms with Crippen molar-refractivity contribution in [3.05, 3.63) is 41.2 Å². The number of hydrogen-bond acceptors (Lipinski definition) is 4. The maximum absolute atomic E-state index is 12.2. The Morgan fingerprint density at radius 3 is 2.50 bits per heavy atom. The van der Waals surface area contributed by atoms with Crippen LogP contribution in [0.5, 0.6) is 0 Å². The first-order chi connectivity index (χ1) is 9.30. The van der Waals surface area contributed by atoms with Gasteiger partial charge in [-0.2, -0.15) is 5.10 Å². The molecule has 1 aromatic carbocycles. The number of para-hydroxylation sites is 1. The highest BCUT2D eigenvalue weighted by Gasteiger charge is 2.18. The summed E-state index contributed by atoms with van der Waals surface area (Å²) in [4.78, 5) is 0. The van der Waals surface area contributed by atoms with Gasteiger partial charge in [0.05, 0.1) is 22.8 Å². The third kappa shape index (κ3) is 2.93. The SMILES string of the molecule is Cc1nn(C)c(C)c1NS(=O)(=O)Cc1ccccc1N. The summed E-state index contributed by atoms with van der Waals surface area (Å²) in [6.07, 6.45) is 0. The van der Waals surface area contributed by atoms with Gasteiger partial charge >= 0.3 is 0 Å². The van der Waals surface area contributed by atoms with Crippen LogP contribution in [0.4, 0.5) is 11.4 Å². The minimum Gasteiger partial charge on any atom is -0.398 e. The minimum absolute atomic E-state index is 0.159. The van der Waals surface area contributed by atoms with E-state index < -0.39 is 10.0 Å². The van der Waals surface area contributed by atoms with Gasteiger partial charge in [-0.15, -0.1) is 0 Å². The summed E-state index contributed by atoms with van der Waals surface area (Å²) in [6, 6.07) is 6.93. The largest absolute Gasteiger partial charge is 0.398 e. The second-order valence-electron chi connectivity index (χ2n) is 4.73. The molecule has 108 valence electrons. The predicted molar refractivity (Wildman–Crippen MR) is 79.8 cm³/mol. The molecule has 3 N–H and O–H groups in total. The van der Waals surface area contributed by atoms with Gasteiger partial charge in [0, 0.05) is 12.7 Å². The van der Waals surface area contributed by atoms with Gasteiger partial charge in [-0.1, -0.05) is 18.2 Å². The molecule has 0 saturated heterocycles. The van der Waals surface area contributed by atoms with Gasteiger partial charge in [0.1, 0.15) is 0 Å². The minimum atomic E-state index is -3.53. The van der Waals surface area contributed by atoms with Gasteiger partial charge in [0.15, 0.2) is 0 Å². The smallest absolute Gasteiger partial charge is 0.237 e. The molecule has 7 heteroatoms. The zero-order valence-electron chi connectivity index (χ0n) is 11.7. The third-order valence-electron chi connectivity index (χ3n) is 3.17. The van der Waals surface area contributed by atoms with E-state index >= 15 is 0 Å². The number of aryl methyl sites for hydroxylation is 2. The second kappa shape index (κ2) is 5.16. The first-order valence-corrected chi connectivity index (χ1v) is 7.79. The van der Waals surface area contributed by atoms with E-state index in [2.05, 4.69) is 9.82 Å². The molecule has 6 nitrogen and oxygen atoms in total. The molecular weight excluding hydrogens is 276 g/mol. The van der Waals surface area contributed by atoms with Crippen molar-refractivity contribution in [2.45, 2.75) is 19.6 Å². The predicted octanol–water partition coefficient (Wildman–Crippen LogP) is 1.56. The fourth-order valence-electron chi connectivity index (χ4n) is 1.98. The Morgan fingerprint density at radius 1 is 1.30 bits per heavy atom. The van der Waals surface area contributed by atoms with Crippen LogP contribution in [0.15, 0.2) is 24.3 Å². The van der Waals surface area contributed by atoms with Crippen molar-refractivity contribution in [1.82, 2.24) is 9.78 Å². The topological polar surface area (TPSA) is 90.0 Å². The number of nitrogens with one attached hydrogen (secondary N) is 1. The van der Waals surface area contributed by atoms with Crippen LogP contribution in [0.25, 0.3) is 0 Å². The summed E-state index contributed by atoms with van der Waals surface area (Å²) in [6.45, 7) is 3.58. The first kappa shape index (κ1) is 14.4. The Hall–Kier alpha value is -2.02. The molecule has 20 heavy (non-hydrogen) atoms. The number of hydrogen-bond donors (Lipinski definition) is 2. The highest BCUT2D eigenvalue weighted by Crippen LogP contribution is 2.22. The summed E-state index contributed by atoms with van der Waals surface area (Å²) in [5.41, 5.74) is 8.78. The zero-order chi connectivity index (χ0) is 14.9. The van der Waals surface area contributed by atoms with Crippen molar-refractivity contribution >= 4 is 21.4 Å². The molecule has 2 rings (SSSR count). The summed E-state index contributed by atoms with van der Waals surface area (Å²) in [5, 5.41) is 4.18. The van der Waals surface area contributed by atoms with Gasteiger partial charge < -0.3 is 5.73 Å². The molecule has 0 aliphatic heterocycles. The molecule has 1 aromatic heterocycles. The number of rotatable bonds is 4. The van der Waals surface area contributed by atoms with Crippen LogP contribution in [0, 0.1) is 13.8 Å². The van der Waals surface area contributed by atoms with Crippen LogP contribution in [-0.4, -0.2) is 18.2 Å². The van der Waals surface area contributed by atoms with E-state index in [-0.39, 0.29) is 5.75 Å². The summed E-state index contributed by atoms with van der Waals surface area (Å²) in [5.74, 6) is -0.159. The Bertz CT molecular complexity index is 735. The van der Waals surface area contributed by atoms with Crippen LogP contribution in [0.3, 0.4) is 0 Å². The fourth-order valence-corrected chi connectivity index (χ4v) is 3.33.